The molecule has 0 radical (unpaired) electrons. The first-order valence-electron chi connectivity index (χ1n) is 4.57. The third-order valence-electron chi connectivity index (χ3n) is 1.97. The van der Waals surface area contributed by atoms with Crippen LogP contribution in [0, 0.1) is 0 Å². The number of aromatic nitrogens is 3. The van der Waals surface area contributed by atoms with Gasteiger partial charge in [0.2, 0.25) is 0 Å². The van der Waals surface area contributed by atoms with Crippen LogP contribution in [0.1, 0.15) is 18.6 Å². The van der Waals surface area contributed by atoms with Gasteiger partial charge in [-0.15, -0.1) is 0 Å². The molecule has 0 aliphatic heterocycles. The third kappa shape index (κ3) is 2.57. The van der Waals surface area contributed by atoms with Crippen LogP contribution < -0.4 is 0 Å². The van der Waals surface area contributed by atoms with Gasteiger partial charge in [0.1, 0.15) is 6.33 Å². The molecule has 0 unspecified atom stereocenters. The molecule has 78 valence electrons. The van der Waals surface area contributed by atoms with E-state index >= 15 is 0 Å². The van der Waals surface area contributed by atoms with Crippen LogP contribution in [0.15, 0.2) is 40.6 Å². The summed E-state index contributed by atoms with van der Waals surface area (Å²) in [5.74, 6) is 0. The summed E-state index contributed by atoms with van der Waals surface area (Å²) in [5, 5.41) is 16.6. The van der Waals surface area contributed by atoms with Gasteiger partial charge >= 0.3 is 0 Å². The molecule has 0 saturated heterocycles. The molecule has 4 nitrogen and oxygen atoms in total. The van der Waals surface area contributed by atoms with Gasteiger partial charge in [-0.05, 0) is 24.6 Å². The molecule has 0 aliphatic rings. The highest BCUT2D eigenvalue weighted by atomic mass is 32.2. The number of hydrogen-bond acceptors (Lipinski definition) is 4. The molecule has 2 N–H and O–H groups in total. The van der Waals surface area contributed by atoms with Crippen LogP contribution >= 0.6 is 11.8 Å². The van der Waals surface area contributed by atoms with E-state index in [2.05, 4.69) is 15.2 Å². The fourth-order valence-electron chi connectivity index (χ4n) is 1.17. The average molecular weight is 221 g/mol. The topological polar surface area (TPSA) is 61.8 Å². The van der Waals surface area contributed by atoms with Crippen molar-refractivity contribution in [1.29, 1.82) is 0 Å². The average Bonchev–Trinajstić information content (AvgIpc) is 2.71. The fraction of sp³-hybridized carbons (Fsp3) is 0.200. The largest absolute Gasteiger partial charge is 0.389 e. The van der Waals surface area contributed by atoms with Crippen molar-refractivity contribution < 1.29 is 5.11 Å². The second-order valence-corrected chi connectivity index (χ2v) is 4.20. The minimum atomic E-state index is -0.422. The molecule has 1 aromatic heterocycles. The number of rotatable bonds is 3. The predicted molar refractivity (Wildman–Crippen MR) is 57.6 cm³/mol. The van der Waals surface area contributed by atoms with E-state index < -0.39 is 6.10 Å². The molecule has 0 spiro atoms. The molecule has 15 heavy (non-hydrogen) atoms. The van der Waals surface area contributed by atoms with Gasteiger partial charge in [0.15, 0.2) is 5.16 Å². The standard InChI is InChI=1S/C10H11N3OS/c1-7(14)8-2-4-9(5-3-8)15-10-11-6-12-13-10/h2-7,14H,1H3,(H,11,12,13)/t7-/m0/s1. The molecule has 2 aromatic rings. The van der Waals surface area contributed by atoms with Crippen LogP contribution in [0.5, 0.6) is 0 Å². The number of aromatic amines is 1. The van der Waals surface area contributed by atoms with Crippen molar-refractivity contribution in [3.8, 4) is 0 Å². The molecular weight excluding hydrogens is 210 g/mol. The minimum Gasteiger partial charge on any atom is -0.389 e. The Bertz CT molecular complexity index is 411. The van der Waals surface area contributed by atoms with Gasteiger partial charge in [-0.25, -0.2) is 4.98 Å². The predicted octanol–water partition coefficient (Wildman–Crippen LogP) is 2.01. The van der Waals surface area contributed by atoms with E-state index in [9.17, 15) is 5.11 Å². The maximum Gasteiger partial charge on any atom is 0.188 e. The van der Waals surface area contributed by atoms with E-state index in [0.29, 0.717) is 0 Å². The summed E-state index contributed by atoms with van der Waals surface area (Å²) in [6.07, 6.45) is 1.06. The van der Waals surface area contributed by atoms with Gasteiger partial charge in [-0.3, -0.25) is 5.10 Å². The monoisotopic (exact) mass is 221 g/mol. The summed E-state index contributed by atoms with van der Waals surface area (Å²) in [7, 11) is 0. The number of nitrogens with zero attached hydrogens (tertiary/aromatic N) is 2. The number of nitrogens with one attached hydrogen (secondary N) is 1. The highest BCUT2D eigenvalue weighted by Gasteiger charge is 2.02. The Morgan fingerprint density at radius 3 is 2.60 bits per heavy atom. The molecule has 0 fully saturated rings. The Balaban J connectivity index is 2.11. The first-order valence-corrected chi connectivity index (χ1v) is 5.38. The van der Waals surface area contributed by atoms with E-state index in [1.807, 2.05) is 24.3 Å². The molecule has 0 bridgehead atoms. The second-order valence-electron chi connectivity index (χ2n) is 3.14. The number of hydrogen-bond donors (Lipinski definition) is 2. The van der Waals surface area contributed by atoms with Gasteiger partial charge in [-0.2, -0.15) is 5.10 Å². The third-order valence-corrected chi connectivity index (χ3v) is 2.87. The lowest BCUT2D eigenvalue weighted by Crippen LogP contribution is -1.89. The number of H-pyrrole nitrogens is 1. The molecule has 1 heterocycles. The summed E-state index contributed by atoms with van der Waals surface area (Å²) < 4.78 is 0. The van der Waals surface area contributed by atoms with Crippen LogP contribution in [-0.2, 0) is 0 Å². The van der Waals surface area contributed by atoms with Crippen LogP contribution in [-0.4, -0.2) is 20.3 Å². The molecule has 2 rings (SSSR count). The molecule has 1 aromatic carbocycles. The van der Waals surface area contributed by atoms with Crippen molar-refractivity contribution in [2.24, 2.45) is 0 Å². The normalized spacial score (nSPS) is 12.7. The first-order chi connectivity index (χ1) is 7.25. The van der Waals surface area contributed by atoms with E-state index in [1.165, 1.54) is 18.1 Å². The number of aliphatic hydroxyl groups is 1. The van der Waals surface area contributed by atoms with Crippen molar-refractivity contribution in [2.75, 3.05) is 0 Å². The van der Waals surface area contributed by atoms with E-state index in [0.717, 1.165) is 15.6 Å². The van der Waals surface area contributed by atoms with Crippen LogP contribution in [0.3, 0.4) is 0 Å². The van der Waals surface area contributed by atoms with Gasteiger partial charge in [0, 0.05) is 4.90 Å². The Kier molecular flexibility index (Phi) is 3.03. The van der Waals surface area contributed by atoms with Crippen molar-refractivity contribution in [2.45, 2.75) is 23.1 Å². The summed E-state index contributed by atoms with van der Waals surface area (Å²) in [6.45, 7) is 1.75. The molecule has 0 aliphatic carbocycles. The van der Waals surface area contributed by atoms with Crippen LogP contribution in [0.4, 0.5) is 0 Å². The zero-order chi connectivity index (χ0) is 10.7. The first kappa shape index (κ1) is 10.2. The smallest absolute Gasteiger partial charge is 0.188 e. The SMILES string of the molecule is C[C@H](O)c1ccc(Sc2ncn[nH]2)cc1. The maximum absolute atomic E-state index is 9.34. The van der Waals surface area contributed by atoms with Crippen LogP contribution in [0.2, 0.25) is 0 Å². The Morgan fingerprint density at radius 1 is 1.33 bits per heavy atom. The lowest BCUT2D eigenvalue weighted by atomic mass is 10.1. The molecule has 1 atom stereocenters. The zero-order valence-electron chi connectivity index (χ0n) is 8.21. The van der Waals surface area contributed by atoms with Gasteiger partial charge in [0.25, 0.3) is 0 Å². The summed E-state index contributed by atoms with van der Waals surface area (Å²) in [6, 6.07) is 7.72. The maximum atomic E-state index is 9.34. The molecular formula is C10H11N3OS. The van der Waals surface area contributed by atoms with E-state index in [1.54, 1.807) is 6.92 Å². The quantitative estimate of drug-likeness (QED) is 0.832. The number of benzene rings is 1. The lowest BCUT2D eigenvalue weighted by Gasteiger charge is -2.04. The molecule has 0 amide bonds. The Hall–Kier alpha value is -1.33. The van der Waals surface area contributed by atoms with Crippen molar-refractivity contribution in [3.63, 3.8) is 0 Å². The second kappa shape index (κ2) is 4.46. The van der Waals surface area contributed by atoms with E-state index in [4.69, 9.17) is 0 Å². The van der Waals surface area contributed by atoms with Gasteiger partial charge in [-0.1, -0.05) is 23.9 Å². The Labute approximate surface area is 91.8 Å². The van der Waals surface area contributed by atoms with Crippen molar-refractivity contribution in [3.05, 3.63) is 36.2 Å². The lowest BCUT2D eigenvalue weighted by molar-refractivity contribution is 0.199. The van der Waals surface area contributed by atoms with Crippen molar-refractivity contribution in [1.82, 2.24) is 15.2 Å². The summed E-state index contributed by atoms with van der Waals surface area (Å²) >= 11 is 1.50. The zero-order valence-corrected chi connectivity index (χ0v) is 9.03. The van der Waals surface area contributed by atoms with Gasteiger partial charge in [0.05, 0.1) is 6.10 Å². The van der Waals surface area contributed by atoms with Gasteiger partial charge < -0.3 is 5.11 Å². The summed E-state index contributed by atoms with van der Waals surface area (Å²) in [4.78, 5) is 5.08. The van der Waals surface area contributed by atoms with E-state index in [-0.39, 0.29) is 0 Å². The fourth-order valence-corrected chi connectivity index (χ4v) is 1.86. The van der Waals surface area contributed by atoms with Crippen LogP contribution in [0.25, 0.3) is 0 Å². The van der Waals surface area contributed by atoms with Crippen molar-refractivity contribution >= 4 is 11.8 Å². The molecule has 5 heteroatoms. The highest BCUT2D eigenvalue weighted by molar-refractivity contribution is 7.99. The molecule has 0 saturated carbocycles. The summed E-state index contributed by atoms with van der Waals surface area (Å²) in [5.41, 5.74) is 0.914. The number of aliphatic hydroxyl groups excluding tert-OH is 1. The Morgan fingerprint density at radius 2 is 2.07 bits per heavy atom. The highest BCUT2D eigenvalue weighted by Crippen LogP contribution is 2.25. The minimum absolute atomic E-state index is 0.422.